The van der Waals surface area contributed by atoms with E-state index in [0.29, 0.717) is 13.1 Å². The van der Waals surface area contributed by atoms with E-state index < -0.39 is 11.6 Å². The Morgan fingerprint density at radius 1 is 1.10 bits per heavy atom. The van der Waals surface area contributed by atoms with E-state index in [-0.39, 0.29) is 11.5 Å². The summed E-state index contributed by atoms with van der Waals surface area (Å²) in [5.74, 6) is -1.74. The van der Waals surface area contributed by atoms with Gasteiger partial charge in [-0.2, -0.15) is 0 Å². The topological polar surface area (TPSA) is 23.6 Å². The summed E-state index contributed by atoms with van der Waals surface area (Å²) in [4.78, 5) is 16.2. The number of halogens is 3. The van der Waals surface area contributed by atoms with Gasteiger partial charge in [-0.05, 0) is 25.1 Å². The first kappa shape index (κ1) is 15.4. The Morgan fingerprint density at radius 2 is 1.80 bits per heavy atom. The third-order valence-corrected chi connectivity index (χ3v) is 3.74. The molecule has 2 rings (SSSR count). The third kappa shape index (κ3) is 3.99. The molecule has 0 radical (unpaired) electrons. The zero-order valence-corrected chi connectivity index (χ0v) is 12.7. The number of amides is 1. The second-order valence-electron chi connectivity index (χ2n) is 4.83. The van der Waals surface area contributed by atoms with E-state index in [0.717, 1.165) is 49.6 Å². The number of hydrogen-bond donors (Lipinski definition) is 0. The smallest absolute Gasteiger partial charge is 0.254 e. The fraction of sp³-hybridized carbons (Fsp3) is 0.500. The zero-order valence-electron chi connectivity index (χ0n) is 11.1. The van der Waals surface area contributed by atoms with Gasteiger partial charge in [-0.3, -0.25) is 4.79 Å². The minimum Gasteiger partial charge on any atom is -0.337 e. The van der Waals surface area contributed by atoms with Crippen molar-refractivity contribution in [3.63, 3.8) is 0 Å². The molecule has 1 aromatic rings. The summed E-state index contributed by atoms with van der Waals surface area (Å²) in [6.45, 7) is 3.87. The first-order valence-electron chi connectivity index (χ1n) is 6.64. The number of carbonyl (C=O) groups excluding carboxylic acids is 1. The van der Waals surface area contributed by atoms with Gasteiger partial charge < -0.3 is 9.80 Å². The van der Waals surface area contributed by atoms with Crippen LogP contribution in [0.3, 0.4) is 0 Å². The van der Waals surface area contributed by atoms with Crippen LogP contribution >= 0.6 is 15.9 Å². The molecule has 1 amide bonds. The lowest BCUT2D eigenvalue weighted by Gasteiger charge is -2.21. The molecule has 3 nitrogen and oxygen atoms in total. The SMILES string of the molecule is O=C(c1cc(F)cc(F)c1)N1CCCN(CCBr)CC1. The monoisotopic (exact) mass is 346 g/mol. The fourth-order valence-electron chi connectivity index (χ4n) is 2.38. The molecule has 0 aromatic heterocycles. The molecule has 1 aliphatic rings. The Balaban J connectivity index is 2.05. The van der Waals surface area contributed by atoms with Crippen LogP contribution in [0.4, 0.5) is 8.78 Å². The van der Waals surface area contributed by atoms with E-state index in [9.17, 15) is 13.6 Å². The molecule has 0 saturated carbocycles. The van der Waals surface area contributed by atoms with E-state index in [1.54, 1.807) is 4.90 Å². The zero-order chi connectivity index (χ0) is 14.5. The minimum absolute atomic E-state index is 0.0800. The minimum atomic E-state index is -0.718. The van der Waals surface area contributed by atoms with Crippen molar-refractivity contribution < 1.29 is 13.6 Å². The molecule has 0 aliphatic carbocycles. The highest BCUT2D eigenvalue weighted by molar-refractivity contribution is 9.09. The summed E-state index contributed by atoms with van der Waals surface area (Å²) in [6.07, 6.45) is 0.872. The van der Waals surface area contributed by atoms with Crippen LogP contribution in [0.25, 0.3) is 0 Å². The number of carbonyl (C=O) groups is 1. The summed E-state index contributed by atoms with van der Waals surface area (Å²) >= 11 is 3.40. The van der Waals surface area contributed by atoms with Crippen molar-refractivity contribution in [2.45, 2.75) is 6.42 Å². The molecule has 1 aromatic carbocycles. The van der Waals surface area contributed by atoms with Crippen molar-refractivity contribution in [3.05, 3.63) is 35.4 Å². The van der Waals surface area contributed by atoms with Crippen molar-refractivity contribution in [3.8, 4) is 0 Å². The molecular weight excluding hydrogens is 330 g/mol. The molecule has 20 heavy (non-hydrogen) atoms. The maximum Gasteiger partial charge on any atom is 0.254 e. The first-order valence-corrected chi connectivity index (χ1v) is 7.76. The van der Waals surface area contributed by atoms with Crippen LogP contribution in [0.5, 0.6) is 0 Å². The van der Waals surface area contributed by atoms with Gasteiger partial charge in [-0.15, -0.1) is 0 Å². The van der Waals surface area contributed by atoms with Crippen molar-refractivity contribution in [1.82, 2.24) is 9.80 Å². The van der Waals surface area contributed by atoms with Crippen molar-refractivity contribution in [2.24, 2.45) is 0 Å². The van der Waals surface area contributed by atoms with E-state index in [4.69, 9.17) is 0 Å². The average molecular weight is 347 g/mol. The Kier molecular flexibility index (Phi) is 5.48. The predicted octanol–water partition coefficient (Wildman–Crippen LogP) is 2.51. The quantitative estimate of drug-likeness (QED) is 0.785. The summed E-state index contributed by atoms with van der Waals surface area (Å²) in [7, 11) is 0. The third-order valence-electron chi connectivity index (χ3n) is 3.39. The highest BCUT2D eigenvalue weighted by atomic mass is 79.9. The van der Waals surface area contributed by atoms with Crippen LogP contribution in [0.1, 0.15) is 16.8 Å². The Morgan fingerprint density at radius 3 is 2.45 bits per heavy atom. The van der Waals surface area contributed by atoms with Crippen molar-refractivity contribution in [2.75, 3.05) is 38.1 Å². The fourth-order valence-corrected chi connectivity index (χ4v) is 2.88. The maximum atomic E-state index is 13.2. The lowest BCUT2D eigenvalue weighted by molar-refractivity contribution is 0.0761. The van der Waals surface area contributed by atoms with Crippen LogP contribution < -0.4 is 0 Å². The number of alkyl halides is 1. The highest BCUT2D eigenvalue weighted by Crippen LogP contribution is 2.13. The van der Waals surface area contributed by atoms with Gasteiger partial charge in [0.1, 0.15) is 11.6 Å². The summed E-state index contributed by atoms with van der Waals surface area (Å²) in [5.41, 5.74) is 0.0800. The number of nitrogens with zero attached hydrogens (tertiary/aromatic N) is 2. The van der Waals surface area contributed by atoms with Gasteiger partial charge in [-0.1, -0.05) is 15.9 Å². The van der Waals surface area contributed by atoms with Crippen LogP contribution in [0.15, 0.2) is 18.2 Å². The molecule has 0 spiro atoms. The normalized spacial score (nSPS) is 17.1. The van der Waals surface area contributed by atoms with Gasteiger partial charge >= 0.3 is 0 Å². The van der Waals surface area contributed by atoms with Crippen molar-refractivity contribution >= 4 is 21.8 Å². The van der Waals surface area contributed by atoms with E-state index in [1.807, 2.05) is 0 Å². The van der Waals surface area contributed by atoms with Crippen LogP contribution in [0.2, 0.25) is 0 Å². The highest BCUT2D eigenvalue weighted by Gasteiger charge is 2.20. The van der Waals surface area contributed by atoms with Crippen LogP contribution in [0, 0.1) is 11.6 Å². The molecule has 0 atom stereocenters. The molecule has 0 bridgehead atoms. The van der Waals surface area contributed by atoms with Gasteiger partial charge in [0.2, 0.25) is 0 Å². The second-order valence-corrected chi connectivity index (χ2v) is 5.63. The lowest BCUT2D eigenvalue weighted by Crippen LogP contribution is -2.35. The summed E-state index contributed by atoms with van der Waals surface area (Å²) < 4.78 is 26.3. The van der Waals surface area contributed by atoms with Gasteiger partial charge in [0.25, 0.3) is 5.91 Å². The molecule has 0 unspecified atom stereocenters. The maximum absolute atomic E-state index is 13.2. The van der Waals surface area contributed by atoms with E-state index in [2.05, 4.69) is 20.8 Å². The molecule has 110 valence electrons. The average Bonchev–Trinajstić information content (AvgIpc) is 2.63. The van der Waals surface area contributed by atoms with Gasteiger partial charge in [0, 0.05) is 43.1 Å². The Bertz CT molecular complexity index is 464. The molecule has 1 heterocycles. The standard InChI is InChI=1S/C14H17BrF2N2O/c15-2-5-18-3-1-4-19(7-6-18)14(20)11-8-12(16)10-13(17)9-11/h8-10H,1-7H2. The number of benzene rings is 1. The molecule has 1 fully saturated rings. The van der Waals surface area contributed by atoms with Crippen LogP contribution in [-0.2, 0) is 0 Å². The van der Waals surface area contributed by atoms with Crippen LogP contribution in [-0.4, -0.2) is 53.8 Å². The Labute approximate surface area is 125 Å². The Hall–Kier alpha value is -1.01. The van der Waals surface area contributed by atoms with Gasteiger partial charge in [0.15, 0.2) is 0 Å². The summed E-state index contributed by atoms with van der Waals surface area (Å²) in [5, 5.41) is 0.899. The second kappa shape index (κ2) is 7.13. The number of hydrogen-bond acceptors (Lipinski definition) is 2. The molecule has 0 N–H and O–H groups in total. The first-order chi connectivity index (χ1) is 9.60. The summed E-state index contributed by atoms with van der Waals surface area (Å²) in [6, 6.07) is 2.95. The van der Waals surface area contributed by atoms with Gasteiger partial charge in [0.05, 0.1) is 0 Å². The predicted molar refractivity (Wildman–Crippen MR) is 77.1 cm³/mol. The largest absolute Gasteiger partial charge is 0.337 e. The lowest BCUT2D eigenvalue weighted by atomic mass is 10.2. The van der Waals surface area contributed by atoms with Crippen molar-refractivity contribution in [1.29, 1.82) is 0 Å². The van der Waals surface area contributed by atoms with Gasteiger partial charge in [-0.25, -0.2) is 8.78 Å². The number of rotatable bonds is 3. The molecule has 6 heteroatoms. The molecule has 1 aliphatic heterocycles. The molecule has 1 saturated heterocycles. The molecular formula is C14H17BrF2N2O. The van der Waals surface area contributed by atoms with E-state index in [1.165, 1.54) is 0 Å². The van der Waals surface area contributed by atoms with E-state index >= 15 is 0 Å².